The molecule has 0 saturated carbocycles. The van der Waals surface area contributed by atoms with Gasteiger partial charge in [0.25, 0.3) is 5.91 Å². The van der Waals surface area contributed by atoms with Crippen LogP contribution in [0.25, 0.3) is 0 Å². The van der Waals surface area contributed by atoms with Crippen LogP contribution in [0.15, 0.2) is 53.0 Å². The maximum atomic E-state index is 12.2. The van der Waals surface area contributed by atoms with Gasteiger partial charge in [-0.15, -0.1) is 0 Å². The van der Waals surface area contributed by atoms with Gasteiger partial charge in [0.15, 0.2) is 0 Å². The maximum Gasteiger partial charge on any atom is 0.269 e. The molecule has 0 aromatic heterocycles. The van der Waals surface area contributed by atoms with Gasteiger partial charge in [0, 0.05) is 24.9 Å². The maximum absolute atomic E-state index is 12.2. The molecule has 0 aliphatic rings. The molecule has 0 radical (unpaired) electrons. The minimum absolute atomic E-state index is 0.00941. The zero-order valence-corrected chi connectivity index (χ0v) is 17.9. The summed E-state index contributed by atoms with van der Waals surface area (Å²) >= 11 is 3.36. The van der Waals surface area contributed by atoms with Gasteiger partial charge in [0.05, 0.1) is 10.6 Å². The second-order valence-corrected chi connectivity index (χ2v) is 7.43. The highest BCUT2D eigenvalue weighted by Gasteiger charge is 2.12. The average Bonchev–Trinajstić information content (AvgIpc) is 2.70. The van der Waals surface area contributed by atoms with Crippen molar-refractivity contribution in [2.45, 2.75) is 39.3 Å². The van der Waals surface area contributed by atoms with Crippen LogP contribution >= 0.6 is 15.9 Å². The quantitative estimate of drug-likeness (QED) is 0.526. The molecule has 0 aliphatic heterocycles. The van der Waals surface area contributed by atoms with E-state index in [9.17, 15) is 14.4 Å². The van der Waals surface area contributed by atoms with Gasteiger partial charge in [-0.25, -0.2) is 0 Å². The standard InChI is InChI=1S/C21H24BrN3O4/c1-14(2)29-18-9-8-16(12-17(18)22)21(28)25-24-20(27)11-10-19(26)23-13-15-6-4-3-5-7-15/h3-9,12,14H,10-11,13H2,1-2H3,(H,23,26)(H,24,27)(H,25,28). The summed E-state index contributed by atoms with van der Waals surface area (Å²) in [6.07, 6.45) is 0.00255. The lowest BCUT2D eigenvalue weighted by atomic mass is 10.2. The Hall–Kier alpha value is -2.87. The Morgan fingerprint density at radius 3 is 2.31 bits per heavy atom. The van der Waals surface area contributed by atoms with Crippen LogP contribution in [-0.4, -0.2) is 23.8 Å². The molecule has 0 aliphatic carbocycles. The predicted octanol–water partition coefficient (Wildman–Crippen LogP) is 3.09. The number of halogens is 1. The number of amides is 3. The van der Waals surface area contributed by atoms with Gasteiger partial charge in [-0.05, 0) is 53.5 Å². The van der Waals surface area contributed by atoms with E-state index in [2.05, 4.69) is 32.1 Å². The normalized spacial score (nSPS) is 10.3. The fourth-order valence-corrected chi connectivity index (χ4v) is 2.84. The van der Waals surface area contributed by atoms with Crippen molar-refractivity contribution in [1.82, 2.24) is 16.2 Å². The van der Waals surface area contributed by atoms with Crippen molar-refractivity contribution < 1.29 is 19.1 Å². The molecule has 0 atom stereocenters. The molecule has 29 heavy (non-hydrogen) atoms. The van der Waals surface area contributed by atoms with Crippen molar-refractivity contribution in [3.8, 4) is 5.75 Å². The molecule has 7 nitrogen and oxygen atoms in total. The molecule has 0 bridgehead atoms. The summed E-state index contributed by atoms with van der Waals surface area (Å²) < 4.78 is 6.23. The Bertz CT molecular complexity index is 856. The highest BCUT2D eigenvalue weighted by molar-refractivity contribution is 9.10. The molecule has 2 rings (SSSR count). The SMILES string of the molecule is CC(C)Oc1ccc(C(=O)NNC(=O)CCC(=O)NCc2ccccc2)cc1Br. The molecule has 2 aromatic rings. The smallest absolute Gasteiger partial charge is 0.269 e. The first-order valence-corrected chi connectivity index (χ1v) is 10.0. The predicted molar refractivity (Wildman–Crippen MR) is 113 cm³/mol. The third-order valence-corrected chi connectivity index (χ3v) is 4.40. The van der Waals surface area contributed by atoms with Crippen LogP contribution in [0.1, 0.15) is 42.6 Å². The molecular weight excluding hydrogens is 438 g/mol. The van der Waals surface area contributed by atoms with Crippen LogP contribution in [0, 0.1) is 0 Å². The van der Waals surface area contributed by atoms with Gasteiger partial charge in [-0.3, -0.25) is 25.2 Å². The molecule has 8 heteroatoms. The van der Waals surface area contributed by atoms with E-state index in [-0.39, 0.29) is 24.9 Å². The molecule has 0 spiro atoms. The van der Waals surface area contributed by atoms with Crippen LogP contribution in [0.3, 0.4) is 0 Å². The van der Waals surface area contributed by atoms with E-state index in [0.717, 1.165) is 5.56 Å². The fraction of sp³-hybridized carbons (Fsp3) is 0.286. The topological polar surface area (TPSA) is 96.5 Å². The first-order valence-electron chi connectivity index (χ1n) is 9.21. The van der Waals surface area contributed by atoms with Crippen molar-refractivity contribution in [3.63, 3.8) is 0 Å². The van der Waals surface area contributed by atoms with E-state index < -0.39 is 11.8 Å². The number of benzene rings is 2. The number of hydrazine groups is 1. The molecule has 0 fully saturated rings. The lowest BCUT2D eigenvalue weighted by molar-refractivity contribution is -0.126. The minimum Gasteiger partial charge on any atom is -0.490 e. The second kappa shape index (κ2) is 11.2. The molecule has 3 N–H and O–H groups in total. The highest BCUT2D eigenvalue weighted by atomic mass is 79.9. The first kappa shape index (κ1) is 22.4. The number of hydrogen-bond acceptors (Lipinski definition) is 4. The zero-order chi connectivity index (χ0) is 21.2. The number of rotatable bonds is 8. The minimum atomic E-state index is -0.469. The molecule has 0 saturated heterocycles. The Morgan fingerprint density at radius 2 is 1.66 bits per heavy atom. The summed E-state index contributed by atoms with van der Waals surface area (Å²) in [5.41, 5.74) is 5.98. The Labute approximate surface area is 178 Å². The van der Waals surface area contributed by atoms with E-state index in [0.29, 0.717) is 22.3 Å². The van der Waals surface area contributed by atoms with Gasteiger partial charge < -0.3 is 10.1 Å². The zero-order valence-electron chi connectivity index (χ0n) is 16.3. The molecule has 154 valence electrons. The number of carbonyl (C=O) groups is 3. The highest BCUT2D eigenvalue weighted by Crippen LogP contribution is 2.26. The second-order valence-electron chi connectivity index (χ2n) is 6.58. The van der Waals surface area contributed by atoms with E-state index in [1.807, 2.05) is 44.2 Å². The third-order valence-electron chi connectivity index (χ3n) is 3.78. The Kier molecular flexibility index (Phi) is 8.67. The molecule has 2 aromatic carbocycles. The lowest BCUT2D eigenvalue weighted by Gasteiger charge is -2.13. The van der Waals surface area contributed by atoms with Crippen LogP contribution in [0.2, 0.25) is 0 Å². The van der Waals surface area contributed by atoms with Crippen LogP contribution < -0.4 is 20.9 Å². The molecule has 0 unspecified atom stereocenters. The number of ether oxygens (including phenoxy) is 1. The fourth-order valence-electron chi connectivity index (χ4n) is 2.36. The van der Waals surface area contributed by atoms with Crippen molar-refractivity contribution in [1.29, 1.82) is 0 Å². The van der Waals surface area contributed by atoms with E-state index in [4.69, 9.17) is 4.74 Å². The van der Waals surface area contributed by atoms with Crippen molar-refractivity contribution in [2.24, 2.45) is 0 Å². The Morgan fingerprint density at radius 1 is 0.966 bits per heavy atom. The van der Waals surface area contributed by atoms with E-state index in [1.54, 1.807) is 18.2 Å². The average molecular weight is 462 g/mol. The van der Waals surface area contributed by atoms with Gasteiger partial charge in [-0.1, -0.05) is 30.3 Å². The number of carbonyl (C=O) groups excluding carboxylic acids is 3. The molecule has 0 heterocycles. The van der Waals surface area contributed by atoms with E-state index in [1.165, 1.54) is 0 Å². The summed E-state index contributed by atoms with van der Waals surface area (Å²) in [7, 11) is 0. The van der Waals surface area contributed by atoms with Crippen molar-refractivity contribution >= 4 is 33.7 Å². The van der Waals surface area contributed by atoms with Crippen LogP contribution in [-0.2, 0) is 16.1 Å². The molecular formula is C21H24BrN3O4. The Balaban J connectivity index is 1.72. The summed E-state index contributed by atoms with van der Waals surface area (Å²) in [5.74, 6) is -0.530. The monoisotopic (exact) mass is 461 g/mol. The first-order chi connectivity index (χ1) is 13.8. The summed E-state index contributed by atoms with van der Waals surface area (Å²) in [6, 6.07) is 14.4. The van der Waals surface area contributed by atoms with E-state index >= 15 is 0 Å². The van der Waals surface area contributed by atoms with Gasteiger partial charge in [0.1, 0.15) is 5.75 Å². The van der Waals surface area contributed by atoms with Crippen LogP contribution in [0.5, 0.6) is 5.75 Å². The van der Waals surface area contributed by atoms with Crippen molar-refractivity contribution in [3.05, 3.63) is 64.1 Å². The van der Waals surface area contributed by atoms with Crippen LogP contribution in [0.4, 0.5) is 0 Å². The van der Waals surface area contributed by atoms with Gasteiger partial charge in [-0.2, -0.15) is 0 Å². The number of hydrogen-bond donors (Lipinski definition) is 3. The summed E-state index contributed by atoms with van der Waals surface area (Å²) in [6.45, 7) is 4.22. The largest absolute Gasteiger partial charge is 0.490 e. The summed E-state index contributed by atoms with van der Waals surface area (Å²) in [5, 5.41) is 2.75. The third kappa shape index (κ3) is 7.95. The molecule has 3 amide bonds. The van der Waals surface area contributed by atoms with Gasteiger partial charge in [0.2, 0.25) is 11.8 Å². The summed E-state index contributed by atoms with van der Waals surface area (Å²) in [4.78, 5) is 35.9. The number of nitrogens with one attached hydrogen (secondary N) is 3. The lowest BCUT2D eigenvalue weighted by Crippen LogP contribution is -2.42. The van der Waals surface area contributed by atoms with Crippen molar-refractivity contribution in [2.75, 3.05) is 0 Å². The van der Waals surface area contributed by atoms with Gasteiger partial charge >= 0.3 is 0 Å².